The fraction of sp³-hybridized carbons (Fsp3) is 0.385. The molecule has 1 heterocycles. The Morgan fingerprint density at radius 2 is 1.67 bits per heavy atom. The van der Waals surface area contributed by atoms with Gasteiger partial charge >= 0.3 is 5.97 Å². The minimum atomic E-state index is -1.10. The number of amides is 1. The molecule has 0 unspecified atom stereocenters. The van der Waals surface area contributed by atoms with Crippen LogP contribution in [0.1, 0.15) is 31.8 Å². The smallest absolute Gasteiger partial charge is 0.336 e. The van der Waals surface area contributed by atoms with Crippen molar-refractivity contribution in [2.45, 2.75) is 20.0 Å². The Morgan fingerprint density at radius 3 is 2.11 bits per heavy atom. The molecule has 0 aliphatic carbocycles. The molecule has 18 heavy (non-hydrogen) atoms. The lowest BCUT2D eigenvalue weighted by molar-refractivity contribution is 0.00569. The number of carbonyl (C=O) groups is 2. The zero-order chi connectivity index (χ0) is 13.4. The van der Waals surface area contributed by atoms with E-state index >= 15 is 0 Å². The summed E-state index contributed by atoms with van der Waals surface area (Å²) >= 11 is 0. The molecule has 2 rings (SSSR count). The highest BCUT2D eigenvalue weighted by atomic mass is 16.4. The van der Waals surface area contributed by atoms with Gasteiger partial charge in [0.05, 0.1) is 17.2 Å². The van der Waals surface area contributed by atoms with Gasteiger partial charge in [-0.2, -0.15) is 0 Å². The lowest BCUT2D eigenvalue weighted by Gasteiger charge is -2.36. The lowest BCUT2D eigenvalue weighted by Crippen LogP contribution is -2.53. The lowest BCUT2D eigenvalue weighted by atomic mass is 9.95. The number of aliphatic hydroxyl groups excluding tert-OH is 1. The molecule has 5 heteroatoms. The second kappa shape index (κ2) is 4.42. The summed E-state index contributed by atoms with van der Waals surface area (Å²) in [4.78, 5) is 25.0. The molecule has 1 fully saturated rings. The van der Waals surface area contributed by atoms with Gasteiger partial charge in [0.25, 0.3) is 5.91 Å². The zero-order valence-electron chi connectivity index (χ0n) is 10.3. The molecule has 5 nitrogen and oxygen atoms in total. The van der Waals surface area contributed by atoms with E-state index in [1.807, 2.05) is 0 Å². The summed E-state index contributed by atoms with van der Waals surface area (Å²) in [7, 11) is 0. The van der Waals surface area contributed by atoms with Crippen molar-refractivity contribution < 1.29 is 19.8 Å². The molecular formula is C13H15NO4. The predicted octanol–water partition coefficient (Wildman–Crippen LogP) is 0.818. The van der Waals surface area contributed by atoms with E-state index in [2.05, 4.69) is 0 Å². The number of likely N-dealkylation sites (tertiary alicyclic amines) is 1. The van der Waals surface area contributed by atoms with Gasteiger partial charge in [-0.3, -0.25) is 4.79 Å². The first-order valence-electron chi connectivity index (χ1n) is 5.72. The van der Waals surface area contributed by atoms with E-state index in [4.69, 9.17) is 0 Å². The highest BCUT2D eigenvalue weighted by Crippen LogP contribution is 2.23. The minimum absolute atomic E-state index is 0.0568. The monoisotopic (exact) mass is 249 g/mol. The number of carboxylic acid groups (broad SMARTS) is 1. The van der Waals surface area contributed by atoms with Crippen LogP contribution in [0.2, 0.25) is 0 Å². The number of aryl methyl sites for hydroxylation is 2. The SMILES string of the molecule is Cc1ccc(C)c(C(=O)N2CC(O)C2)c1C(=O)O. The highest BCUT2D eigenvalue weighted by molar-refractivity contribution is 6.07. The summed E-state index contributed by atoms with van der Waals surface area (Å²) in [6, 6.07) is 3.44. The molecule has 0 aromatic heterocycles. The average Bonchev–Trinajstić information content (AvgIpc) is 2.26. The van der Waals surface area contributed by atoms with Crippen molar-refractivity contribution >= 4 is 11.9 Å². The van der Waals surface area contributed by atoms with Crippen molar-refractivity contribution in [1.29, 1.82) is 0 Å². The second-order valence-electron chi connectivity index (χ2n) is 4.62. The van der Waals surface area contributed by atoms with Gasteiger partial charge in [-0.05, 0) is 25.0 Å². The second-order valence-corrected chi connectivity index (χ2v) is 4.62. The van der Waals surface area contributed by atoms with Gasteiger partial charge in [0.15, 0.2) is 0 Å². The Balaban J connectivity index is 2.46. The summed E-state index contributed by atoms with van der Waals surface area (Å²) in [5.41, 5.74) is 1.50. The Hall–Kier alpha value is -1.88. The fourth-order valence-corrected chi connectivity index (χ4v) is 2.14. The van der Waals surface area contributed by atoms with Crippen molar-refractivity contribution in [1.82, 2.24) is 4.90 Å². The van der Waals surface area contributed by atoms with Gasteiger partial charge in [-0.25, -0.2) is 4.79 Å². The van der Waals surface area contributed by atoms with Gasteiger partial charge in [-0.15, -0.1) is 0 Å². The van der Waals surface area contributed by atoms with Crippen LogP contribution in [0.5, 0.6) is 0 Å². The van der Waals surface area contributed by atoms with Crippen molar-refractivity contribution in [2.75, 3.05) is 13.1 Å². The molecule has 0 radical (unpaired) electrons. The molecule has 1 aromatic carbocycles. The summed E-state index contributed by atoms with van der Waals surface area (Å²) in [5, 5.41) is 18.4. The van der Waals surface area contributed by atoms with Crippen LogP contribution < -0.4 is 0 Å². The molecule has 0 bridgehead atoms. The number of nitrogens with zero attached hydrogens (tertiary/aromatic N) is 1. The topological polar surface area (TPSA) is 77.8 Å². The van der Waals surface area contributed by atoms with E-state index in [-0.39, 0.29) is 30.1 Å². The Kier molecular flexibility index (Phi) is 3.09. The molecule has 1 saturated heterocycles. The summed E-state index contributed by atoms with van der Waals surface area (Å²) in [6.45, 7) is 3.93. The molecule has 2 N–H and O–H groups in total. The van der Waals surface area contributed by atoms with Gasteiger partial charge in [0, 0.05) is 13.1 Å². The zero-order valence-corrected chi connectivity index (χ0v) is 10.3. The normalized spacial score (nSPS) is 15.4. The molecule has 1 aromatic rings. The van der Waals surface area contributed by atoms with E-state index in [9.17, 15) is 19.8 Å². The standard InChI is InChI=1S/C13H15NO4/c1-7-3-4-8(2)11(13(17)18)10(7)12(16)14-5-9(15)6-14/h3-4,9,15H,5-6H2,1-2H3,(H,17,18). The van der Waals surface area contributed by atoms with Crippen LogP contribution in [0, 0.1) is 13.8 Å². The fourth-order valence-electron chi connectivity index (χ4n) is 2.14. The van der Waals surface area contributed by atoms with Crippen LogP contribution in [0.15, 0.2) is 12.1 Å². The van der Waals surface area contributed by atoms with Crippen molar-refractivity contribution in [2.24, 2.45) is 0 Å². The Bertz CT molecular complexity index is 518. The van der Waals surface area contributed by atoms with Crippen molar-refractivity contribution in [3.05, 3.63) is 34.4 Å². The van der Waals surface area contributed by atoms with Gasteiger partial charge in [0.1, 0.15) is 0 Å². The molecule has 1 amide bonds. The first-order valence-corrected chi connectivity index (χ1v) is 5.72. The van der Waals surface area contributed by atoms with Gasteiger partial charge in [0.2, 0.25) is 0 Å². The molecule has 0 spiro atoms. The summed E-state index contributed by atoms with van der Waals surface area (Å²) < 4.78 is 0. The van der Waals surface area contributed by atoms with Crippen LogP contribution in [0.3, 0.4) is 0 Å². The predicted molar refractivity (Wildman–Crippen MR) is 64.8 cm³/mol. The van der Waals surface area contributed by atoms with E-state index in [0.717, 1.165) is 0 Å². The van der Waals surface area contributed by atoms with Gasteiger partial charge in [-0.1, -0.05) is 12.1 Å². The molecule has 1 aliphatic rings. The number of hydrogen-bond donors (Lipinski definition) is 2. The Morgan fingerprint density at radius 1 is 1.17 bits per heavy atom. The number of carboxylic acids is 1. The maximum absolute atomic E-state index is 12.2. The molecule has 0 saturated carbocycles. The molecular weight excluding hydrogens is 234 g/mol. The summed E-state index contributed by atoms with van der Waals surface area (Å²) in [5.74, 6) is -1.42. The number of β-amino-alcohol motifs (C(OH)–C–C–N with tert-alkyl or cyclic N) is 1. The quantitative estimate of drug-likeness (QED) is 0.813. The van der Waals surface area contributed by atoms with Crippen LogP contribution >= 0.6 is 0 Å². The van der Waals surface area contributed by atoms with Crippen LogP contribution in [0.4, 0.5) is 0 Å². The minimum Gasteiger partial charge on any atom is -0.478 e. The molecule has 0 atom stereocenters. The van der Waals surface area contributed by atoms with Crippen LogP contribution in [0.25, 0.3) is 0 Å². The largest absolute Gasteiger partial charge is 0.478 e. The van der Waals surface area contributed by atoms with E-state index in [0.29, 0.717) is 11.1 Å². The summed E-state index contributed by atoms with van der Waals surface area (Å²) in [6.07, 6.45) is -0.493. The first-order chi connectivity index (χ1) is 8.41. The number of aromatic carboxylic acids is 1. The first kappa shape index (κ1) is 12.6. The highest BCUT2D eigenvalue weighted by Gasteiger charge is 2.32. The van der Waals surface area contributed by atoms with E-state index < -0.39 is 12.1 Å². The number of rotatable bonds is 2. The number of hydrogen-bond acceptors (Lipinski definition) is 3. The van der Waals surface area contributed by atoms with Crippen LogP contribution in [-0.2, 0) is 0 Å². The Labute approximate surface area is 105 Å². The third-order valence-corrected chi connectivity index (χ3v) is 3.20. The number of carbonyl (C=O) groups excluding carboxylic acids is 1. The van der Waals surface area contributed by atoms with Gasteiger partial charge < -0.3 is 15.1 Å². The van der Waals surface area contributed by atoms with E-state index in [1.165, 1.54) is 4.90 Å². The third kappa shape index (κ3) is 1.97. The number of aliphatic hydroxyl groups is 1. The molecule has 1 aliphatic heterocycles. The van der Waals surface area contributed by atoms with Crippen LogP contribution in [-0.4, -0.2) is 46.2 Å². The van der Waals surface area contributed by atoms with Crippen molar-refractivity contribution in [3.8, 4) is 0 Å². The third-order valence-electron chi connectivity index (χ3n) is 3.20. The average molecular weight is 249 g/mol. The maximum Gasteiger partial charge on any atom is 0.336 e. The number of benzene rings is 1. The molecule has 96 valence electrons. The maximum atomic E-state index is 12.2. The van der Waals surface area contributed by atoms with Crippen molar-refractivity contribution in [3.63, 3.8) is 0 Å². The van der Waals surface area contributed by atoms with E-state index in [1.54, 1.807) is 26.0 Å².